The van der Waals surface area contributed by atoms with E-state index in [2.05, 4.69) is 11.5 Å². The lowest BCUT2D eigenvalue weighted by Crippen LogP contribution is -2.23. The maximum Gasteiger partial charge on any atom is 0.373 e. The summed E-state index contributed by atoms with van der Waals surface area (Å²) in [5.74, 6) is -1.24. The Morgan fingerprint density at radius 1 is 1.26 bits per heavy atom. The summed E-state index contributed by atoms with van der Waals surface area (Å²) in [6, 6.07) is 8.37. The van der Waals surface area contributed by atoms with Gasteiger partial charge in [0.25, 0.3) is 0 Å². The molecule has 0 aliphatic heterocycles. The fourth-order valence-electron chi connectivity index (χ4n) is 1.11. The first kappa shape index (κ1) is 14.9. The lowest BCUT2D eigenvalue weighted by atomic mass is 10.2. The molecule has 0 radical (unpaired) electrons. The summed E-state index contributed by atoms with van der Waals surface area (Å²) in [7, 11) is 0. The van der Waals surface area contributed by atoms with Gasteiger partial charge in [0.2, 0.25) is 6.29 Å². The van der Waals surface area contributed by atoms with Gasteiger partial charge in [-0.3, -0.25) is 4.89 Å². The third-order valence-corrected chi connectivity index (χ3v) is 2.16. The molecule has 0 bridgehead atoms. The molecule has 0 heterocycles. The smallest absolute Gasteiger partial charge is 0.373 e. The van der Waals surface area contributed by atoms with Crippen LogP contribution in [0.3, 0.4) is 0 Å². The Kier molecular flexibility index (Phi) is 5.75. The van der Waals surface area contributed by atoms with Gasteiger partial charge in [0, 0.05) is 12.0 Å². The summed E-state index contributed by atoms with van der Waals surface area (Å²) in [5, 5.41) is 0. The molecule has 0 spiro atoms. The maximum atomic E-state index is 11.6. The van der Waals surface area contributed by atoms with Gasteiger partial charge in [-0.15, -0.1) is 4.89 Å². The molecule has 102 valence electrons. The summed E-state index contributed by atoms with van der Waals surface area (Å²) >= 11 is 0. The van der Waals surface area contributed by atoms with E-state index in [1.165, 1.54) is 6.92 Å². The zero-order chi connectivity index (χ0) is 14.3. The second-order valence-corrected chi connectivity index (χ2v) is 3.86. The van der Waals surface area contributed by atoms with Crippen LogP contribution in [0.4, 0.5) is 0 Å². The van der Waals surface area contributed by atoms with Crippen molar-refractivity contribution in [2.45, 2.75) is 26.6 Å². The van der Waals surface area contributed by atoms with Crippen LogP contribution >= 0.6 is 0 Å². The predicted molar refractivity (Wildman–Crippen MR) is 67.9 cm³/mol. The molecule has 1 aromatic rings. The van der Waals surface area contributed by atoms with Crippen molar-refractivity contribution in [3.05, 3.63) is 48.0 Å². The van der Waals surface area contributed by atoms with Crippen LogP contribution in [-0.2, 0) is 19.3 Å². The monoisotopic (exact) mass is 264 g/mol. The second-order valence-electron chi connectivity index (χ2n) is 3.86. The number of rotatable bonds is 6. The molecule has 19 heavy (non-hydrogen) atoms. The molecule has 1 aromatic carbocycles. The van der Waals surface area contributed by atoms with E-state index in [0.29, 0.717) is 12.0 Å². The average molecular weight is 264 g/mol. The van der Waals surface area contributed by atoms with E-state index in [0.717, 1.165) is 0 Å². The van der Waals surface area contributed by atoms with Crippen LogP contribution in [-0.4, -0.2) is 18.2 Å². The van der Waals surface area contributed by atoms with E-state index >= 15 is 0 Å². The van der Waals surface area contributed by atoms with Gasteiger partial charge >= 0.3 is 11.9 Å². The maximum absolute atomic E-state index is 11.6. The molecular weight excluding hydrogens is 248 g/mol. The molecule has 0 N–H and O–H groups in total. The van der Waals surface area contributed by atoms with Gasteiger partial charge in [-0.1, -0.05) is 31.7 Å². The van der Waals surface area contributed by atoms with E-state index in [1.807, 2.05) is 0 Å². The van der Waals surface area contributed by atoms with Gasteiger partial charge in [-0.2, -0.15) is 0 Å². The van der Waals surface area contributed by atoms with Crippen molar-refractivity contribution in [3.63, 3.8) is 0 Å². The number of carbonyl (C=O) groups is 2. The van der Waals surface area contributed by atoms with Gasteiger partial charge in [-0.25, -0.2) is 9.59 Å². The van der Waals surface area contributed by atoms with Crippen LogP contribution in [0.1, 0.15) is 30.6 Å². The van der Waals surface area contributed by atoms with Gasteiger partial charge in [0.15, 0.2) is 0 Å². The van der Waals surface area contributed by atoms with Crippen LogP contribution in [0, 0.1) is 0 Å². The Morgan fingerprint density at radius 2 is 1.89 bits per heavy atom. The van der Waals surface area contributed by atoms with E-state index in [1.54, 1.807) is 37.3 Å². The Balaban J connectivity index is 2.48. The number of hydrogen-bond acceptors (Lipinski definition) is 5. The molecule has 0 saturated carbocycles. The van der Waals surface area contributed by atoms with Crippen molar-refractivity contribution >= 4 is 11.9 Å². The van der Waals surface area contributed by atoms with Gasteiger partial charge < -0.3 is 4.74 Å². The highest BCUT2D eigenvalue weighted by Gasteiger charge is 2.17. The molecule has 0 aromatic heterocycles. The first-order valence-electron chi connectivity index (χ1n) is 5.83. The van der Waals surface area contributed by atoms with Gasteiger partial charge in [0.1, 0.15) is 0 Å². The largest absolute Gasteiger partial charge is 0.428 e. The fraction of sp³-hybridized carbons (Fsp3) is 0.286. The van der Waals surface area contributed by atoms with Crippen LogP contribution in [0.5, 0.6) is 0 Å². The zero-order valence-corrected chi connectivity index (χ0v) is 10.9. The summed E-state index contributed by atoms with van der Waals surface area (Å²) in [6.07, 6.45) is -0.599. The quantitative estimate of drug-likeness (QED) is 0.260. The molecule has 1 rings (SSSR count). The Labute approximate surface area is 111 Å². The normalized spacial score (nSPS) is 11.5. The minimum absolute atomic E-state index is 0.247. The zero-order valence-electron chi connectivity index (χ0n) is 10.9. The molecule has 0 aliphatic rings. The number of ether oxygens (including phenoxy) is 1. The molecule has 1 unspecified atom stereocenters. The molecule has 0 fully saturated rings. The van der Waals surface area contributed by atoms with E-state index in [9.17, 15) is 9.59 Å². The average Bonchev–Trinajstić information content (AvgIpc) is 2.43. The van der Waals surface area contributed by atoms with Crippen LogP contribution in [0.15, 0.2) is 42.5 Å². The topological polar surface area (TPSA) is 61.8 Å². The van der Waals surface area contributed by atoms with Crippen molar-refractivity contribution < 1.29 is 24.1 Å². The highest BCUT2D eigenvalue weighted by Crippen LogP contribution is 2.08. The van der Waals surface area contributed by atoms with Gasteiger partial charge in [0.05, 0.1) is 5.56 Å². The lowest BCUT2D eigenvalue weighted by molar-refractivity contribution is -0.330. The molecule has 0 saturated heterocycles. The summed E-state index contributed by atoms with van der Waals surface area (Å²) in [5.41, 5.74) is 0.597. The number of hydrogen-bond donors (Lipinski definition) is 0. The minimum atomic E-state index is -0.947. The number of carbonyl (C=O) groups excluding carboxylic acids is 2. The summed E-state index contributed by atoms with van der Waals surface area (Å²) in [6.45, 7) is 6.70. The highest BCUT2D eigenvalue weighted by molar-refractivity contribution is 5.89. The lowest BCUT2D eigenvalue weighted by Gasteiger charge is -2.14. The van der Waals surface area contributed by atoms with Crippen molar-refractivity contribution in [1.29, 1.82) is 0 Å². The Hall–Kier alpha value is -2.14. The van der Waals surface area contributed by atoms with E-state index in [-0.39, 0.29) is 5.57 Å². The van der Waals surface area contributed by atoms with Crippen molar-refractivity contribution in [2.24, 2.45) is 0 Å². The van der Waals surface area contributed by atoms with Crippen molar-refractivity contribution in [3.8, 4) is 0 Å². The second kappa shape index (κ2) is 7.33. The Bertz CT molecular complexity index is 452. The first-order valence-corrected chi connectivity index (χ1v) is 5.83. The molecule has 0 aliphatic carbocycles. The third-order valence-electron chi connectivity index (χ3n) is 2.16. The molecule has 0 amide bonds. The van der Waals surface area contributed by atoms with Crippen LogP contribution in [0.2, 0.25) is 0 Å². The summed E-state index contributed by atoms with van der Waals surface area (Å²) in [4.78, 5) is 32.3. The Morgan fingerprint density at radius 3 is 2.42 bits per heavy atom. The molecule has 5 nitrogen and oxygen atoms in total. The van der Waals surface area contributed by atoms with Crippen LogP contribution < -0.4 is 0 Å². The van der Waals surface area contributed by atoms with Crippen molar-refractivity contribution in [2.75, 3.05) is 0 Å². The predicted octanol–water partition coefficient (Wildman–Crippen LogP) is 2.63. The number of benzene rings is 1. The molecular formula is C14H16O5. The third kappa shape index (κ3) is 4.93. The van der Waals surface area contributed by atoms with E-state index < -0.39 is 18.2 Å². The molecule has 5 heteroatoms. The van der Waals surface area contributed by atoms with Crippen molar-refractivity contribution in [1.82, 2.24) is 0 Å². The fourth-order valence-corrected chi connectivity index (χ4v) is 1.11. The standard InChI is InChI=1S/C14H16O5/c1-4-12(17-13(15)10(2)3)18-19-14(16)11-8-6-5-7-9-11/h5-9,12H,2,4H2,1,3H3. The SMILES string of the molecule is C=C(C)C(=O)OC(CC)OOC(=O)c1ccccc1. The molecule has 1 atom stereocenters. The minimum Gasteiger partial charge on any atom is -0.428 e. The first-order chi connectivity index (χ1) is 9.04. The number of esters is 1. The van der Waals surface area contributed by atoms with E-state index in [4.69, 9.17) is 9.62 Å². The van der Waals surface area contributed by atoms with Crippen LogP contribution in [0.25, 0.3) is 0 Å². The highest BCUT2D eigenvalue weighted by atomic mass is 17.2. The van der Waals surface area contributed by atoms with Gasteiger partial charge in [-0.05, 0) is 19.1 Å². The summed E-state index contributed by atoms with van der Waals surface area (Å²) < 4.78 is 4.91.